The molecule has 1 unspecified atom stereocenters. The summed E-state index contributed by atoms with van der Waals surface area (Å²) < 4.78 is 32.8. The highest BCUT2D eigenvalue weighted by atomic mass is 32.2. The van der Waals surface area contributed by atoms with E-state index in [0.717, 1.165) is 36.1 Å². The number of methoxy groups -OCH3 is 1. The lowest BCUT2D eigenvalue weighted by atomic mass is 10.0. The van der Waals surface area contributed by atoms with E-state index in [2.05, 4.69) is 0 Å². The van der Waals surface area contributed by atoms with Crippen LogP contribution in [0.15, 0.2) is 47.4 Å². The molecule has 1 saturated heterocycles. The second kappa shape index (κ2) is 9.18. The molecule has 2 aromatic carbocycles. The average molecular weight is 431 g/mol. The van der Waals surface area contributed by atoms with Crippen molar-refractivity contribution in [3.63, 3.8) is 0 Å². The van der Waals surface area contributed by atoms with E-state index in [4.69, 9.17) is 4.74 Å². The van der Waals surface area contributed by atoms with Crippen LogP contribution in [0.1, 0.15) is 53.7 Å². The van der Waals surface area contributed by atoms with Gasteiger partial charge < -0.3 is 9.64 Å². The Balaban J connectivity index is 1.86. The van der Waals surface area contributed by atoms with E-state index in [9.17, 15) is 13.2 Å². The van der Waals surface area contributed by atoms with Crippen molar-refractivity contribution >= 4 is 15.9 Å². The van der Waals surface area contributed by atoms with Crippen molar-refractivity contribution in [1.82, 2.24) is 9.21 Å². The van der Waals surface area contributed by atoms with E-state index in [1.165, 1.54) is 10.4 Å². The van der Waals surface area contributed by atoms with Gasteiger partial charge in [-0.1, -0.05) is 24.6 Å². The molecule has 0 aromatic heterocycles. The molecule has 162 valence electrons. The molecule has 0 N–H and O–H groups in total. The first-order valence-electron chi connectivity index (χ1n) is 10.3. The molecule has 1 aliphatic heterocycles. The van der Waals surface area contributed by atoms with Gasteiger partial charge in [-0.2, -0.15) is 4.31 Å². The molecule has 1 atom stereocenters. The molecule has 7 heteroatoms. The highest BCUT2D eigenvalue weighted by Crippen LogP contribution is 2.26. The second-order valence-electron chi connectivity index (χ2n) is 7.81. The van der Waals surface area contributed by atoms with Gasteiger partial charge in [0.15, 0.2) is 0 Å². The minimum atomic E-state index is -3.59. The van der Waals surface area contributed by atoms with Crippen molar-refractivity contribution in [1.29, 1.82) is 0 Å². The van der Waals surface area contributed by atoms with Crippen LogP contribution in [0, 0.1) is 6.92 Å². The largest absolute Gasteiger partial charge is 0.497 e. The fraction of sp³-hybridized carbons (Fsp3) is 0.435. The number of hydrogen-bond acceptors (Lipinski definition) is 4. The molecule has 3 rings (SSSR count). The van der Waals surface area contributed by atoms with Gasteiger partial charge in [-0.25, -0.2) is 8.42 Å². The maximum atomic E-state index is 13.3. The molecule has 1 aliphatic rings. The van der Waals surface area contributed by atoms with Crippen molar-refractivity contribution in [3.05, 3.63) is 59.2 Å². The number of benzene rings is 2. The summed E-state index contributed by atoms with van der Waals surface area (Å²) in [7, 11) is -0.240. The normalized spacial score (nSPS) is 16.1. The molecule has 0 aliphatic carbocycles. The van der Waals surface area contributed by atoms with Gasteiger partial charge >= 0.3 is 0 Å². The van der Waals surface area contributed by atoms with E-state index < -0.39 is 10.0 Å². The Bertz CT molecular complexity index is 996. The Morgan fingerprint density at radius 1 is 1.07 bits per heavy atom. The Morgan fingerprint density at radius 2 is 1.70 bits per heavy atom. The van der Waals surface area contributed by atoms with Gasteiger partial charge in [-0.15, -0.1) is 0 Å². The smallest absolute Gasteiger partial charge is 0.254 e. The Kier molecular flexibility index (Phi) is 6.83. The standard InChI is InChI=1S/C23H30N2O4S/c1-17-8-13-21(30(27,28)25-14-6-5-7-15-25)16-22(17)23(26)24(3)18(2)19-9-11-20(29-4)12-10-19/h8-13,16,18H,5-7,14-15H2,1-4H3. The second-order valence-corrected chi connectivity index (χ2v) is 9.74. The van der Waals surface area contributed by atoms with Crippen molar-refractivity contribution in [3.8, 4) is 5.75 Å². The first-order chi connectivity index (χ1) is 14.3. The zero-order valence-electron chi connectivity index (χ0n) is 18.1. The number of hydrogen-bond donors (Lipinski definition) is 0. The van der Waals surface area contributed by atoms with Gasteiger partial charge in [0.05, 0.1) is 18.0 Å². The first-order valence-corrected chi connectivity index (χ1v) is 11.7. The van der Waals surface area contributed by atoms with Gasteiger partial charge in [0.25, 0.3) is 5.91 Å². The minimum Gasteiger partial charge on any atom is -0.497 e. The van der Waals surface area contributed by atoms with E-state index in [-0.39, 0.29) is 16.8 Å². The molecule has 0 spiro atoms. The summed E-state index contributed by atoms with van der Waals surface area (Å²) in [6.07, 6.45) is 2.80. The highest BCUT2D eigenvalue weighted by molar-refractivity contribution is 7.89. The predicted molar refractivity (Wildman–Crippen MR) is 117 cm³/mol. The third-order valence-corrected chi connectivity index (χ3v) is 7.79. The van der Waals surface area contributed by atoms with Gasteiger partial charge in [0, 0.05) is 25.7 Å². The summed E-state index contributed by atoms with van der Waals surface area (Å²) in [4.78, 5) is 15.1. The molecule has 0 saturated carbocycles. The van der Waals surface area contributed by atoms with Crippen molar-refractivity contribution < 1.29 is 17.9 Å². The monoisotopic (exact) mass is 430 g/mol. The third-order valence-electron chi connectivity index (χ3n) is 5.89. The quantitative estimate of drug-likeness (QED) is 0.694. The van der Waals surface area contributed by atoms with Crippen LogP contribution in [0.3, 0.4) is 0 Å². The number of aryl methyl sites for hydroxylation is 1. The van der Waals surface area contributed by atoms with Crippen LogP contribution < -0.4 is 4.74 Å². The molecule has 30 heavy (non-hydrogen) atoms. The summed E-state index contributed by atoms with van der Waals surface area (Å²) in [6.45, 7) is 4.85. The van der Waals surface area contributed by atoms with Crippen LogP contribution in [0.25, 0.3) is 0 Å². The predicted octanol–water partition coefficient (Wildman–Crippen LogP) is 4.01. The summed E-state index contributed by atoms with van der Waals surface area (Å²) in [5.41, 5.74) is 2.14. The lowest BCUT2D eigenvalue weighted by molar-refractivity contribution is 0.0741. The number of carbonyl (C=O) groups excluding carboxylic acids is 1. The number of ether oxygens (including phenoxy) is 1. The maximum Gasteiger partial charge on any atom is 0.254 e. The Labute approximate surface area is 179 Å². The Hall–Kier alpha value is -2.38. The molecule has 0 radical (unpaired) electrons. The third kappa shape index (κ3) is 4.52. The summed E-state index contributed by atoms with van der Waals surface area (Å²) in [6, 6.07) is 12.2. The molecule has 6 nitrogen and oxygen atoms in total. The summed E-state index contributed by atoms with van der Waals surface area (Å²) >= 11 is 0. The van der Waals surface area contributed by atoms with Crippen LogP contribution >= 0.6 is 0 Å². The number of rotatable bonds is 6. The fourth-order valence-corrected chi connectivity index (χ4v) is 5.26. The lowest BCUT2D eigenvalue weighted by Crippen LogP contribution is -2.36. The fourth-order valence-electron chi connectivity index (χ4n) is 3.72. The molecule has 0 bridgehead atoms. The van der Waals surface area contributed by atoms with E-state index >= 15 is 0 Å². The molecule has 1 fully saturated rings. The number of sulfonamides is 1. The molecule has 2 aromatic rings. The highest BCUT2D eigenvalue weighted by Gasteiger charge is 2.28. The van der Waals surface area contributed by atoms with Gasteiger partial charge in [-0.3, -0.25) is 4.79 Å². The van der Waals surface area contributed by atoms with Gasteiger partial charge in [0.2, 0.25) is 10.0 Å². The van der Waals surface area contributed by atoms with E-state index in [1.807, 2.05) is 38.1 Å². The van der Waals surface area contributed by atoms with Crippen LogP contribution in [0.2, 0.25) is 0 Å². The lowest BCUT2D eigenvalue weighted by Gasteiger charge is -2.28. The van der Waals surface area contributed by atoms with Crippen LogP contribution in [0.4, 0.5) is 0 Å². The van der Waals surface area contributed by atoms with Gasteiger partial charge in [0.1, 0.15) is 5.75 Å². The minimum absolute atomic E-state index is 0.176. The number of nitrogens with zero attached hydrogens (tertiary/aromatic N) is 2. The van der Waals surface area contributed by atoms with Crippen LogP contribution in [-0.4, -0.2) is 50.8 Å². The van der Waals surface area contributed by atoms with Crippen molar-refractivity contribution in [2.75, 3.05) is 27.2 Å². The topological polar surface area (TPSA) is 66.9 Å². The SMILES string of the molecule is COc1ccc(C(C)N(C)C(=O)c2cc(S(=O)(=O)N3CCCCC3)ccc2C)cc1. The molecule has 1 amide bonds. The van der Waals surface area contributed by atoms with Crippen LogP contribution in [-0.2, 0) is 10.0 Å². The maximum absolute atomic E-state index is 13.3. The first kappa shape index (κ1) is 22.3. The van der Waals surface area contributed by atoms with E-state index in [1.54, 1.807) is 31.2 Å². The number of piperidine rings is 1. The molecule has 1 heterocycles. The summed E-state index contributed by atoms with van der Waals surface area (Å²) in [5.74, 6) is 0.554. The Morgan fingerprint density at radius 3 is 2.30 bits per heavy atom. The zero-order chi connectivity index (χ0) is 21.9. The number of amides is 1. The van der Waals surface area contributed by atoms with Crippen molar-refractivity contribution in [2.24, 2.45) is 0 Å². The van der Waals surface area contributed by atoms with Crippen molar-refractivity contribution in [2.45, 2.75) is 44.0 Å². The molecular formula is C23H30N2O4S. The average Bonchev–Trinajstić information content (AvgIpc) is 2.78. The number of carbonyl (C=O) groups is 1. The van der Waals surface area contributed by atoms with Crippen LogP contribution in [0.5, 0.6) is 5.75 Å². The molecular weight excluding hydrogens is 400 g/mol. The summed E-state index contributed by atoms with van der Waals surface area (Å²) in [5, 5.41) is 0. The van der Waals surface area contributed by atoms with E-state index in [0.29, 0.717) is 18.7 Å². The zero-order valence-corrected chi connectivity index (χ0v) is 18.9. The van der Waals surface area contributed by atoms with Gasteiger partial charge in [-0.05, 0) is 62.1 Å².